The van der Waals surface area contributed by atoms with Crippen LogP contribution in [0.3, 0.4) is 0 Å². The average molecular weight is 792 g/mol. The first kappa shape index (κ1) is 41.1. The number of carboxylic acid groups (broad SMARTS) is 1. The number of nitriles is 1. The molecule has 3 heterocycles. The third kappa shape index (κ3) is 10.5. The fraction of sp³-hybridized carbons (Fsp3) is 0.318. The van der Waals surface area contributed by atoms with Crippen LogP contribution < -0.4 is 19.5 Å². The molecule has 1 fully saturated rings. The number of ether oxygens (including phenoxy) is 3. The lowest BCUT2D eigenvalue weighted by Crippen LogP contribution is -2.28. The normalized spacial score (nSPS) is 14.6. The van der Waals surface area contributed by atoms with E-state index in [1.165, 1.54) is 6.20 Å². The van der Waals surface area contributed by atoms with Crippen LogP contribution in [0.25, 0.3) is 22.4 Å². The first-order valence-corrected chi connectivity index (χ1v) is 19.1. The fourth-order valence-corrected chi connectivity index (χ4v) is 7.24. The monoisotopic (exact) mass is 791 g/mol. The Morgan fingerprint density at radius 3 is 2.47 bits per heavy atom. The van der Waals surface area contributed by atoms with Gasteiger partial charge in [-0.1, -0.05) is 54.1 Å². The van der Waals surface area contributed by atoms with E-state index in [1.807, 2.05) is 48.5 Å². The summed E-state index contributed by atoms with van der Waals surface area (Å²) in [5.74, 6) is 0.450. The third-order valence-corrected chi connectivity index (χ3v) is 10.3. The van der Waals surface area contributed by atoms with Crippen LogP contribution in [0.5, 0.6) is 17.4 Å². The number of likely N-dealkylation sites (tertiary alicyclic amines) is 1. The zero-order valence-electron chi connectivity index (χ0n) is 32.2. The number of carboxylic acids is 1. The molecule has 57 heavy (non-hydrogen) atoms. The quantitative estimate of drug-likeness (QED) is 0.0796. The van der Waals surface area contributed by atoms with Crippen LogP contribution in [0.15, 0.2) is 79.1 Å². The minimum Gasteiger partial charge on any atom is -0.488 e. The maximum Gasteiger partial charge on any atom is 0.306 e. The Hall–Kier alpha value is -5.55. The highest BCUT2D eigenvalue weighted by Gasteiger charge is 2.23. The molecule has 0 unspecified atom stereocenters. The Bertz CT molecular complexity index is 2260. The lowest BCUT2D eigenvalue weighted by molar-refractivity contribution is -0.139. The maximum absolute atomic E-state index is 10.9. The molecule has 13 heteroatoms. The lowest BCUT2D eigenvalue weighted by atomic mass is 9.90. The number of nitrogens with zero attached hydrogens (tertiary/aromatic N) is 4. The van der Waals surface area contributed by atoms with Crippen LogP contribution in [-0.4, -0.2) is 75.1 Å². The van der Waals surface area contributed by atoms with Crippen molar-refractivity contribution in [2.24, 2.45) is 0 Å². The van der Waals surface area contributed by atoms with Gasteiger partial charge >= 0.3 is 5.97 Å². The zero-order chi connectivity index (χ0) is 40.5. The fourth-order valence-electron chi connectivity index (χ4n) is 7.00. The van der Waals surface area contributed by atoms with Gasteiger partial charge in [0, 0.05) is 73.4 Å². The smallest absolute Gasteiger partial charge is 0.306 e. The summed E-state index contributed by atoms with van der Waals surface area (Å²) in [7, 11) is 1.56. The van der Waals surface area contributed by atoms with Crippen LogP contribution in [0.4, 0.5) is 0 Å². The van der Waals surface area contributed by atoms with Gasteiger partial charge in [-0.25, -0.2) is 4.98 Å². The van der Waals surface area contributed by atoms with Crippen LogP contribution in [0.1, 0.15) is 51.8 Å². The van der Waals surface area contributed by atoms with Gasteiger partial charge in [-0.3, -0.25) is 14.7 Å². The molecule has 3 aromatic carbocycles. The molecule has 2 aromatic heterocycles. The Morgan fingerprint density at radius 2 is 1.74 bits per heavy atom. The third-order valence-electron chi connectivity index (χ3n) is 10.0. The number of hydrogen-bond donors (Lipinski definition) is 4. The number of hydrogen-bond acceptors (Lipinski definition) is 11. The van der Waals surface area contributed by atoms with E-state index < -0.39 is 12.1 Å². The van der Waals surface area contributed by atoms with Crippen molar-refractivity contribution in [1.82, 2.24) is 20.2 Å². The number of β-amino-alcohol motifs (C(OH)–C–C–N with tert-alkyl or cyclic N) is 1. The molecular weight excluding hydrogens is 746 g/mol. The standard InChI is InChI=1S/C44H46ClN5O7/c1-27-32(26-57-42-17-41(56-25-30-14-29(18-46)19-47-20-30)33(15-39(42)45)23-50-13-12-34(51)24-50)6-4-7-36(27)37-8-5-9-38(28(37)2)40-11-10-31(44(49-40)55-3)21-48-22-35(52)16-43(53)54/h4-11,14-15,17,19-20,34-35,48,51-52H,12-13,16,21-26H2,1-3H3,(H,53,54)/t34-,35+/m1/s1. The summed E-state index contributed by atoms with van der Waals surface area (Å²) in [4.78, 5) is 22.0. The Labute approximate surface area is 337 Å². The van der Waals surface area contributed by atoms with Crippen LogP contribution >= 0.6 is 11.6 Å². The first-order chi connectivity index (χ1) is 27.5. The topological polar surface area (TPSA) is 170 Å². The molecule has 5 aromatic rings. The van der Waals surface area contributed by atoms with Crippen molar-refractivity contribution in [2.45, 2.75) is 65.2 Å². The molecule has 6 rings (SSSR count). The van der Waals surface area contributed by atoms with Gasteiger partial charge in [-0.15, -0.1) is 0 Å². The largest absolute Gasteiger partial charge is 0.488 e. The maximum atomic E-state index is 10.9. The highest BCUT2D eigenvalue weighted by molar-refractivity contribution is 6.32. The molecule has 296 valence electrons. The van der Waals surface area contributed by atoms with Crippen molar-refractivity contribution in [3.63, 3.8) is 0 Å². The van der Waals surface area contributed by atoms with E-state index in [0.717, 1.165) is 62.3 Å². The van der Waals surface area contributed by atoms with E-state index in [9.17, 15) is 20.3 Å². The second-order valence-electron chi connectivity index (χ2n) is 14.2. The number of benzene rings is 3. The van der Waals surface area contributed by atoms with Gasteiger partial charge in [-0.2, -0.15) is 5.26 Å². The molecule has 4 N–H and O–H groups in total. The van der Waals surface area contributed by atoms with E-state index in [1.54, 1.807) is 19.4 Å². The predicted molar refractivity (Wildman–Crippen MR) is 216 cm³/mol. The van der Waals surface area contributed by atoms with Gasteiger partial charge in [0.25, 0.3) is 0 Å². The number of aliphatic hydroxyl groups excluding tert-OH is 2. The first-order valence-electron chi connectivity index (χ1n) is 18.7. The molecule has 0 spiro atoms. The predicted octanol–water partition coefficient (Wildman–Crippen LogP) is 6.61. The van der Waals surface area contributed by atoms with Crippen molar-refractivity contribution in [3.05, 3.63) is 123 Å². The second kappa shape index (κ2) is 19.1. The summed E-state index contributed by atoms with van der Waals surface area (Å²) < 4.78 is 18.3. The van der Waals surface area contributed by atoms with Gasteiger partial charge in [0.15, 0.2) is 0 Å². The van der Waals surface area contributed by atoms with E-state index in [0.29, 0.717) is 54.0 Å². The summed E-state index contributed by atoms with van der Waals surface area (Å²) in [6.45, 7) is 6.96. The number of pyridine rings is 2. The van der Waals surface area contributed by atoms with E-state index in [-0.39, 0.29) is 32.3 Å². The number of halogens is 1. The van der Waals surface area contributed by atoms with Gasteiger partial charge in [0.2, 0.25) is 5.88 Å². The summed E-state index contributed by atoms with van der Waals surface area (Å²) in [6, 6.07) is 23.6. The zero-order valence-corrected chi connectivity index (χ0v) is 32.9. The molecule has 2 atom stereocenters. The van der Waals surface area contributed by atoms with Gasteiger partial charge in [0.1, 0.15) is 30.8 Å². The average Bonchev–Trinajstić information content (AvgIpc) is 3.61. The number of aromatic nitrogens is 2. The molecule has 12 nitrogen and oxygen atoms in total. The molecule has 1 aliphatic rings. The van der Waals surface area contributed by atoms with E-state index >= 15 is 0 Å². The van der Waals surface area contributed by atoms with Crippen LogP contribution in [-0.2, 0) is 31.1 Å². The Balaban J connectivity index is 1.20. The number of carbonyl (C=O) groups is 1. The molecule has 0 amide bonds. The van der Waals surface area contributed by atoms with E-state index in [4.69, 9.17) is 35.9 Å². The van der Waals surface area contributed by atoms with Crippen molar-refractivity contribution in [3.8, 4) is 45.8 Å². The molecular formula is C44H46ClN5O7. The van der Waals surface area contributed by atoms with Crippen molar-refractivity contribution < 1.29 is 34.3 Å². The molecule has 1 aliphatic heterocycles. The van der Waals surface area contributed by atoms with Crippen LogP contribution in [0, 0.1) is 25.2 Å². The molecule has 0 bridgehead atoms. The lowest BCUT2D eigenvalue weighted by Gasteiger charge is -2.20. The van der Waals surface area contributed by atoms with Gasteiger partial charge in [0.05, 0.1) is 42.0 Å². The number of aliphatic carboxylic acids is 1. The Morgan fingerprint density at radius 1 is 0.982 bits per heavy atom. The van der Waals surface area contributed by atoms with Crippen molar-refractivity contribution in [2.75, 3.05) is 26.7 Å². The highest BCUT2D eigenvalue weighted by atomic mass is 35.5. The number of rotatable bonds is 17. The van der Waals surface area contributed by atoms with Gasteiger partial charge in [-0.05, 0) is 66.3 Å². The summed E-state index contributed by atoms with van der Waals surface area (Å²) in [5, 5.41) is 41.8. The summed E-state index contributed by atoms with van der Waals surface area (Å²) in [6.07, 6.45) is 2.20. The molecule has 0 saturated carbocycles. The molecule has 1 saturated heterocycles. The summed E-state index contributed by atoms with van der Waals surface area (Å²) >= 11 is 6.84. The second-order valence-corrected chi connectivity index (χ2v) is 14.6. The summed E-state index contributed by atoms with van der Waals surface area (Å²) in [5.41, 5.74) is 9.71. The number of methoxy groups -OCH3 is 1. The molecule has 0 radical (unpaired) electrons. The minimum absolute atomic E-state index is 0.125. The van der Waals surface area contributed by atoms with Crippen LogP contribution in [0.2, 0.25) is 5.02 Å². The highest BCUT2D eigenvalue weighted by Crippen LogP contribution is 2.37. The SMILES string of the molecule is COc1nc(-c2cccc(-c3cccc(COc4cc(OCc5cncc(C#N)c5)c(CN5CC[C@@H](O)C5)cc4Cl)c3C)c2C)ccc1CNC[C@@H](O)CC(=O)O. The Kier molecular flexibility index (Phi) is 13.7. The van der Waals surface area contributed by atoms with Gasteiger partial charge < -0.3 is 34.8 Å². The number of aliphatic hydroxyl groups is 2. The minimum atomic E-state index is -1.06. The van der Waals surface area contributed by atoms with Crippen molar-refractivity contribution >= 4 is 17.6 Å². The molecule has 0 aliphatic carbocycles. The van der Waals surface area contributed by atoms with E-state index in [2.05, 4.69) is 47.3 Å². The van der Waals surface area contributed by atoms with Crippen molar-refractivity contribution in [1.29, 1.82) is 5.26 Å². The number of nitrogens with one attached hydrogen (secondary N) is 1.